The number of hydrogen-bond donors (Lipinski definition) is 2. The number of thiol groups is 1. The number of hydrogen-bond acceptors (Lipinski definition) is 2. The van der Waals surface area contributed by atoms with E-state index in [0.717, 1.165) is 0 Å². The topological polar surface area (TPSA) is 37.3 Å². The molecule has 0 saturated carbocycles. The Morgan fingerprint density at radius 3 is 2.38 bits per heavy atom. The molecule has 1 N–H and O–H groups in total. The van der Waals surface area contributed by atoms with Crippen LogP contribution in [0.25, 0.3) is 0 Å². The van der Waals surface area contributed by atoms with E-state index in [4.69, 9.17) is 5.11 Å². The van der Waals surface area contributed by atoms with Gasteiger partial charge in [-0.05, 0) is 12.2 Å². The van der Waals surface area contributed by atoms with Crippen molar-refractivity contribution < 1.29 is 40.9 Å². The summed E-state index contributed by atoms with van der Waals surface area (Å²) in [5.41, 5.74) is 0. The van der Waals surface area contributed by atoms with E-state index in [-0.39, 0.29) is 37.4 Å². The normalized spacial score (nSPS) is 7.62. The van der Waals surface area contributed by atoms with Crippen molar-refractivity contribution in [3.63, 3.8) is 0 Å². The van der Waals surface area contributed by atoms with E-state index >= 15 is 0 Å². The Labute approximate surface area is 77.8 Å². The van der Waals surface area contributed by atoms with E-state index in [1.165, 1.54) is 0 Å². The van der Waals surface area contributed by atoms with Gasteiger partial charge >= 0.3 is 35.5 Å². The van der Waals surface area contributed by atoms with Crippen LogP contribution in [0, 0.1) is 0 Å². The Balaban J connectivity index is -0.000000180. The summed E-state index contributed by atoms with van der Waals surface area (Å²) in [5, 5.41) is 8.01. The molecule has 44 valence electrons. The Kier molecular flexibility index (Phi) is 11.3. The molecule has 0 aliphatic carbocycles. The average Bonchev–Trinajstić information content (AvgIpc) is 1.61. The van der Waals surface area contributed by atoms with Crippen LogP contribution in [-0.2, 0) is 4.79 Å². The molecule has 0 radical (unpaired) electrons. The third-order valence-corrected chi connectivity index (χ3v) is 0.865. The molecule has 0 amide bonds. The summed E-state index contributed by atoms with van der Waals surface area (Å²) >= 11 is 3.83. The van der Waals surface area contributed by atoms with E-state index in [9.17, 15) is 4.79 Å². The van der Waals surface area contributed by atoms with Gasteiger partial charge in [-0.25, -0.2) is 0 Å². The molecule has 0 spiro atoms. The fourth-order valence-corrected chi connectivity index (χ4v) is 0.388. The van der Waals surface area contributed by atoms with E-state index < -0.39 is 5.97 Å². The standard InChI is InChI=1S/C4H8O2S.Na.H/c5-4(6)2-1-3-7;;/h7H,1-3H2,(H,5,6);;/q;+1;-1. The van der Waals surface area contributed by atoms with Gasteiger partial charge in [0.05, 0.1) is 0 Å². The predicted octanol–water partition coefficient (Wildman–Crippen LogP) is -2.10. The van der Waals surface area contributed by atoms with Crippen molar-refractivity contribution in [2.45, 2.75) is 12.8 Å². The second kappa shape index (κ2) is 7.82. The van der Waals surface area contributed by atoms with Gasteiger partial charge < -0.3 is 6.53 Å². The molecule has 0 heterocycles. The van der Waals surface area contributed by atoms with Gasteiger partial charge in [0.15, 0.2) is 0 Å². The van der Waals surface area contributed by atoms with Crippen LogP contribution in [0.4, 0.5) is 0 Å². The fraction of sp³-hybridized carbons (Fsp3) is 0.750. The van der Waals surface area contributed by atoms with Gasteiger partial charge in [0.2, 0.25) is 0 Å². The summed E-state index contributed by atoms with van der Waals surface area (Å²) in [6.07, 6.45) is 0.905. The number of carbonyl (C=O) groups is 1. The molecule has 0 aliphatic rings. The molecular weight excluding hydrogens is 135 g/mol. The Bertz CT molecular complexity index is 71.6. The molecule has 2 nitrogen and oxygen atoms in total. The van der Waals surface area contributed by atoms with Gasteiger partial charge in [-0.3, -0.25) is 4.79 Å². The Morgan fingerprint density at radius 1 is 1.75 bits per heavy atom. The summed E-state index contributed by atoms with van der Waals surface area (Å²) in [6, 6.07) is 0. The Morgan fingerprint density at radius 2 is 2.25 bits per heavy atom. The van der Waals surface area contributed by atoms with E-state index in [1.54, 1.807) is 0 Å². The van der Waals surface area contributed by atoms with E-state index in [1.807, 2.05) is 0 Å². The zero-order chi connectivity index (χ0) is 5.70. The molecule has 0 atom stereocenters. The number of carboxylic acids is 1. The summed E-state index contributed by atoms with van der Waals surface area (Å²) in [6.45, 7) is 0. The first kappa shape index (κ1) is 11.6. The summed E-state index contributed by atoms with van der Waals surface area (Å²) in [5.74, 6) is -0.0826. The summed E-state index contributed by atoms with van der Waals surface area (Å²) in [7, 11) is 0. The maximum atomic E-state index is 9.72. The van der Waals surface area contributed by atoms with Crippen LogP contribution in [0.1, 0.15) is 14.3 Å². The quantitative estimate of drug-likeness (QED) is 0.351. The zero-order valence-corrected chi connectivity index (χ0v) is 7.82. The van der Waals surface area contributed by atoms with Crippen molar-refractivity contribution >= 4 is 18.6 Å². The molecule has 0 aliphatic heterocycles. The van der Waals surface area contributed by atoms with Gasteiger partial charge in [0, 0.05) is 6.42 Å². The number of rotatable bonds is 3. The molecular formula is C4H9NaO2S. The van der Waals surface area contributed by atoms with Gasteiger partial charge in [0.1, 0.15) is 0 Å². The molecule has 0 aromatic carbocycles. The largest absolute Gasteiger partial charge is 1.00 e. The second-order valence-corrected chi connectivity index (χ2v) is 1.67. The molecule has 0 unspecified atom stereocenters. The minimum atomic E-state index is -0.742. The van der Waals surface area contributed by atoms with Gasteiger partial charge in [-0.1, -0.05) is 0 Å². The SMILES string of the molecule is O=C(O)CCCS.[H-].[Na+]. The van der Waals surface area contributed by atoms with Crippen LogP contribution in [0.5, 0.6) is 0 Å². The third kappa shape index (κ3) is 9.94. The second-order valence-electron chi connectivity index (χ2n) is 1.22. The third-order valence-electron chi connectivity index (χ3n) is 0.549. The van der Waals surface area contributed by atoms with E-state index in [0.29, 0.717) is 12.2 Å². The first-order chi connectivity index (χ1) is 3.27. The molecule has 0 fully saturated rings. The van der Waals surface area contributed by atoms with Crippen molar-refractivity contribution in [3.05, 3.63) is 0 Å². The smallest absolute Gasteiger partial charge is 1.00 e. The molecule has 4 heteroatoms. The average molecular weight is 144 g/mol. The molecule has 0 saturated heterocycles. The monoisotopic (exact) mass is 144 g/mol. The van der Waals surface area contributed by atoms with Crippen LogP contribution >= 0.6 is 12.6 Å². The van der Waals surface area contributed by atoms with Gasteiger partial charge in [-0.15, -0.1) is 0 Å². The minimum Gasteiger partial charge on any atom is -1.00 e. The molecule has 0 aromatic heterocycles. The van der Waals surface area contributed by atoms with Crippen LogP contribution in [0.3, 0.4) is 0 Å². The number of carboxylic acid groups (broad SMARTS) is 1. The van der Waals surface area contributed by atoms with Gasteiger partial charge in [-0.2, -0.15) is 12.6 Å². The first-order valence-corrected chi connectivity index (χ1v) is 2.73. The molecule has 8 heavy (non-hydrogen) atoms. The van der Waals surface area contributed by atoms with Gasteiger partial charge in [0.25, 0.3) is 0 Å². The van der Waals surface area contributed by atoms with Crippen LogP contribution in [0.2, 0.25) is 0 Å². The fourth-order valence-electron chi connectivity index (χ4n) is 0.230. The maximum absolute atomic E-state index is 9.72. The minimum absolute atomic E-state index is 0. The van der Waals surface area contributed by atoms with Crippen molar-refractivity contribution in [2.24, 2.45) is 0 Å². The molecule has 0 rings (SSSR count). The summed E-state index contributed by atoms with van der Waals surface area (Å²) in [4.78, 5) is 9.72. The predicted molar refractivity (Wildman–Crippen MR) is 31.8 cm³/mol. The van der Waals surface area contributed by atoms with E-state index in [2.05, 4.69) is 12.6 Å². The zero-order valence-electron chi connectivity index (χ0n) is 5.92. The molecule has 0 bridgehead atoms. The summed E-state index contributed by atoms with van der Waals surface area (Å²) < 4.78 is 0. The van der Waals surface area contributed by atoms with Crippen molar-refractivity contribution in [1.82, 2.24) is 0 Å². The van der Waals surface area contributed by atoms with Crippen molar-refractivity contribution in [1.29, 1.82) is 0 Å². The molecule has 0 aromatic rings. The number of aliphatic carboxylic acids is 1. The Hall–Kier alpha value is 0.820. The maximum Gasteiger partial charge on any atom is 1.00 e. The van der Waals surface area contributed by atoms with Crippen molar-refractivity contribution in [3.8, 4) is 0 Å². The van der Waals surface area contributed by atoms with Crippen molar-refractivity contribution in [2.75, 3.05) is 5.75 Å². The van der Waals surface area contributed by atoms with Crippen LogP contribution in [-0.4, -0.2) is 16.8 Å². The van der Waals surface area contributed by atoms with Crippen LogP contribution < -0.4 is 29.6 Å². The first-order valence-electron chi connectivity index (χ1n) is 2.10. The van der Waals surface area contributed by atoms with Crippen LogP contribution in [0.15, 0.2) is 0 Å².